The Morgan fingerprint density at radius 1 is 1.24 bits per heavy atom. The molecule has 2 rings (SSSR count). The minimum absolute atomic E-state index is 0. The van der Waals surface area contributed by atoms with E-state index in [1.807, 2.05) is 6.07 Å². The number of rotatable bonds is 4. The minimum atomic E-state index is -3.39. The van der Waals surface area contributed by atoms with Crippen LogP contribution in [0.2, 0.25) is 0 Å². The quantitative estimate of drug-likeness (QED) is 0.446. The summed E-state index contributed by atoms with van der Waals surface area (Å²) in [6.45, 7) is 7.92. The summed E-state index contributed by atoms with van der Waals surface area (Å²) in [5.74, 6) is 1.14. The van der Waals surface area contributed by atoms with Crippen LogP contribution in [-0.2, 0) is 23.1 Å². The summed E-state index contributed by atoms with van der Waals surface area (Å²) >= 11 is 0. The highest BCUT2D eigenvalue weighted by Crippen LogP contribution is 2.21. The van der Waals surface area contributed by atoms with Gasteiger partial charge in [0.05, 0.1) is 18.0 Å². The molecule has 0 saturated heterocycles. The van der Waals surface area contributed by atoms with Crippen molar-refractivity contribution in [3.8, 4) is 0 Å². The van der Waals surface area contributed by atoms with Crippen molar-refractivity contribution in [3.05, 3.63) is 24.0 Å². The number of hydrogen-bond acceptors (Lipinski definition) is 2. The largest absolute Gasteiger partial charge is 1.00 e. The SMILES string of the molecule is CCn1c(C)[n+](CC)c2ccc(S(=O)(=O)N(C)C)cc21.[I-]. The van der Waals surface area contributed by atoms with E-state index in [1.165, 1.54) is 4.31 Å². The number of benzene rings is 1. The van der Waals surface area contributed by atoms with E-state index < -0.39 is 10.0 Å². The first kappa shape index (κ1) is 18.4. The molecule has 7 heteroatoms. The molecular weight excluding hydrogens is 401 g/mol. The Bertz CT molecular complexity index is 751. The zero-order chi connectivity index (χ0) is 15.1. The zero-order valence-electron chi connectivity index (χ0n) is 13.1. The lowest BCUT2D eigenvalue weighted by molar-refractivity contribution is -0.674. The van der Waals surface area contributed by atoms with Gasteiger partial charge in [0.2, 0.25) is 10.0 Å². The Balaban J connectivity index is 0.00000220. The number of sulfonamides is 1. The molecular formula is C14H22IN3O2S. The molecule has 118 valence electrons. The molecule has 0 saturated carbocycles. The van der Waals surface area contributed by atoms with Gasteiger partial charge in [-0.1, -0.05) is 0 Å². The van der Waals surface area contributed by atoms with Crippen LogP contribution in [0.3, 0.4) is 0 Å². The molecule has 0 N–H and O–H groups in total. The zero-order valence-corrected chi connectivity index (χ0v) is 16.1. The van der Waals surface area contributed by atoms with Crippen LogP contribution in [0.1, 0.15) is 19.7 Å². The maximum Gasteiger partial charge on any atom is 0.254 e. The first-order valence-electron chi connectivity index (χ1n) is 6.79. The van der Waals surface area contributed by atoms with Crippen LogP contribution in [0, 0.1) is 6.92 Å². The Morgan fingerprint density at radius 2 is 1.86 bits per heavy atom. The molecule has 0 radical (unpaired) electrons. The number of aromatic nitrogens is 2. The molecule has 0 spiro atoms. The minimum Gasteiger partial charge on any atom is -1.00 e. The Kier molecular flexibility index (Phi) is 5.79. The van der Waals surface area contributed by atoms with Crippen LogP contribution in [-0.4, -0.2) is 31.4 Å². The van der Waals surface area contributed by atoms with E-state index in [2.05, 4.69) is 29.9 Å². The van der Waals surface area contributed by atoms with Gasteiger partial charge in [0.15, 0.2) is 11.0 Å². The number of imidazole rings is 1. The lowest BCUT2D eigenvalue weighted by atomic mass is 10.3. The van der Waals surface area contributed by atoms with Gasteiger partial charge < -0.3 is 24.0 Å². The average molecular weight is 423 g/mol. The fraction of sp³-hybridized carbons (Fsp3) is 0.500. The predicted molar refractivity (Wildman–Crippen MR) is 79.1 cm³/mol. The smallest absolute Gasteiger partial charge is 0.254 e. The van der Waals surface area contributed by atoms with Crippen molar-refractivity contribution in [2.24, 2.45) is 0 Å². The standard InChI is InChI=1S/C14H22N3O2S.HI/c1-6-16-11(3)17(7-2)14-10-12(8-9-13(14)16)20(18,19)15(4)5;/h8-10H,6-7H2,1-5H3;1H/q+1;/p-1. The maximum atomic E-state index is 12.2. The van der Waals surface area contributed by atoms with Gasteiger partial charge in [-0.15, -0.1) is 0 Å². The third-order valence-electron chi connectivity index (χ3n) is 3.72. The van der Waals surface area contributed by atoms with E-state index in [0.717, 1.165) is 29.9 Å². The molecule has 1 aromatic heterocycles. The number of halogens is 1. The van der Waals surface area contributed by atoms with Crippen LogP contribution in [0.5, 0.6) is 0 Å². The monoisotopic (exact) mass is 423 g/mol. The second kappa shape index (κ2) is 6.62. The second-order valence-corrected chi connectivity index (χ2v) is 7.13. The maximum absolute atomic E-state index is 12.2. The first-order chi connectivity index (χ1) is 9.34. The van der Waals surface area contributed by atoms with Crippen molar-refractivity contribution in [1.82, 2.24) is 8.87 Å². The van der Waals surface area contributed by atoms with Crippen LogP contribution < -0.4 is 28.5 Å². The van der Waals surface area contributed by atoms with Gasteiger partial charge in [0.25, 0.3) is 5.82 Å². The predicted octanol–water partition coefficient (Wildman–Crippen LogP) is -1.47. The molecule has 0 atom stereocenters. The molecule has 21 heavy (non-hydrogen) atoms. The summed E-state index contributed by atoms with van der Waals surface area (Å²) in [5.41, 5.74) is 2.04. The van der Waals surface area contributed by atoms with Crippen molar-refractivity contribution in [3.63, 3.8) is 0 Å². The summed E-state index contributed by atoms with van der Waals surface area (Å²) in [5, 5.41) is 0. The molecule has 0 aliphatic rings. The lowest BCUT2D eigenvalue weighted by Crippen LogP contribution is -3.00. The van der Waals surface area contributed by atoms with E-state index in [1.54, 1.807) is 26.2 Å². The van der Waals surface area contributed by atoms with Crippen molar-refractivity contribution in [1.29, 1.82) is 0 Å². The van der Waals surface area contributed by atoms with Gasteiger partial charge in [-0.3, -0.25) is 0 Å². The highest BCUT2D eigenvalue weighted by molar-refractivity contribution is 7.89. The molecule has 5 nitrogen and oxygen atoms in total. The van der Waals surface area contributed by atoms with Gasteiger partial charge in [0, 0.05) is 27.1 Å². The van der Waals surface area contributed by atoms with E-state index in [4.69, 9.17) is 0 Å². The van der Waals surface area contributed by atoms with Crippen LogP contribution in [0.25, 0.3) is 11.0 Å². The Morgan fingerprint density at radius 3 is 2.33 bits per heavy atom. The Hall–Kier alpha value is -0.670. The van der Waals surface area contributed by atoms with Gasteiger partial charge in [-0.05, 0) is 26.0 Å². The highest BCUT2D eigenvalue weighted by Gasteiger charge is 2.24. The molecule has 1 heterocycles. The summed E-state index contributed by atoms with van der Waals surface area (Å²) < 4.78 is 30.1. The summed E-state index contributed by atoms with van der Waals surface area (Å²) in [7, 11) is -0.290. The van der Waals surface area contributed by atoms with Gasteiger partial charge in [-0.25, -0.2) is 21.9 Å². The molecule has 0 bridgehead atoms. The Labute approximate surface area is 143 Å². The number of aryl methyl sites for hydroxylation is 2. The average Bonchev–Trinajstić information content (AvgIpc) is 2.68. The summed E-state index contributed by atoms with van der Waals surface area (Å²) in [6.07, 6.45) is 0. The second-order valence-electron chi connectivity index (χ2n) is 4.97. The van der Waals surface area contributed by atoms with Crippen LogP contribution in [0.15, 0.2) is 23.1 Å². The third kappa shape index (κ3) is 2.95. The van der Waals surface area contributed by atoms with Crippen LogP contribution in [0.4, 0.5) is 0 Å². The van der Waals surface area contributed by atoms with Crippen molar-refractivity contribution >= 4 is 21.1 Å². The number of fused-ring (bicyclic) bond motifs is 1. The van der Waals surface area contributed by atoms with Crippen molar-refractivity contribution < 1.29 is 37.0 Å². The summed E-state index contributed by atoms with van der Waals surface area (Å²) in [4.78, 5) is 0.338. The molecule has 2 aromatic rings. The number of hydrogen-bond donors (Lipinski definition) is 0. The van der Waals surface area contributed by atoms with E-state index in [-0.39, 0.29) is 24.0 Å². The first-order valence-corrected chi connectivity index (χ1v) is 8.23. The van der Waals surface area contributed by atoms with Crippen molar-refractivity contribution in [2.75, 3.05) is 14.1 Å². The molecule has 0 amide bonds. The molecule has 0 aliphatic carbocycles. The van der Waals surface area contributed by atoms with E-state index in [9.17, 15) is 8.42 Å². The fourth-order valence-electron chi connectivity index (χ4n) is 2.61. The number of nitrogens with zero attached hydrogens (tertiary/aromatic N) is 3. The molecule has 1 aromatic carbocycles. The normalized spacial score (nSPS) is 11.9. The van der Waals surface area contributed by atoms with Gasteiger partial charge in [0.1, 0.15) is 0 Å². The van der Waals surface area contributed by atoms with Crippen molar-refractivity contribution in [2.45, 2.75) is 38.8 Å². The lowest BCUT2D eigenvalue weighted by Gasteiger charge is -2.10. The summed E-state index contributed by atoms with van der Waals surface area (Å²) in [6, 6.07) is 5.35. The topological polar surface area (TPSA) is 46.2 Å². The van der Waals surface area contributed by atoms with Gasteiger partial charge in [-0.2, -0.15) is 0 Å². The van der Waals surface area contributed by atoms with Gasteiger partial charge >= 0.3 is 0 Å². The molecule has 0 aliphatic heterocycles. The fourth-order valence-corrected chi connectivity index (χ4v) is 3.53. The highest BCUT2D eigenvalue weighted by atomic mass is 127. The van der Waals surface area contributed by atoms with E-state index >= 15 is 0 Å². The third-order valence-corrected chi connectivity index (χ3v) is 5.53. The van der Waals surface area contributed by atoms with E-state index in [0.29, 0.717) is 4.90 Å². The molecule has 0 fully saturated rings. The van der Waals surface area contributed by atoms with Crippen LogP contribution >= 0.6 is 0 Å². The molecule has 0 unspecified atom stereocenters.